The third-order valence-corrected chi connectivity index (χ3v) is 7.21. The molecular formula is C20H30N2OS. The van der Waals surface area contributed by atoms with E-state index in [-0.39, 0.29) is 12.1 Å². The molecule has 24 heavy (non-hydrogen) atoms. The maximum atomic E-state index is 11.6. The summed E-state index contributed by atoms with van der Waals surface area (Å²) in [5.41, 5.74) is 2.34. The molecule has 1 saturated heterocycles. The van der Waals surface area contributed by atoms with Gasteiger partial charge in [-0.1, -0.05) is 61.1 Å². The fourth-order valence-corrected chi connectivity index (χ4v) is 5.55. The number of likely N-dealkylation sites (N-methyl/N-ethyl adjacent to an activating group) is 1. The molecule has 0 aliphatic carbocycles. The number of likely N-dealkylation sites (tertiary alicyclic amines) is 1. The zero-order chi connectivity index (χ0) is 17.7. The van der Waals surface area contributed by atoms with Crippen molar-refractivity contribution in [2.75, 3.05) is 13.1 Å². The highest BCUT2D eigenvalue weighted by Gasteiger charge is 2.34. The van der Waals surface area contributed by atoms with E-state index in [1.165, 1.54) is 5.56 Å². The van der Waals surface area contributed by atoms with Crippen LogP contribution in [0.2, 0.25) is 0 Å². The standard InChI is InChI=1S/C20H30N2OS/c1-6-21(24(4,5)15-18-10-8-7-9-11-18)14-19-12-13-20(17(2)3)22(19)16-23/h7-11,16,19-20H,2,4-6,12-15H2,1,3H3. The summed E-state index contributed by atoms with van der Waals surface area (Å²) < 4.78 is 2.38. The fraction of sp³-hybridized carbons (Fsp3) is 0.450. The third-order valence-electron chi connectivity index (χ3n) is 4.84. The van der Waals surface area contributed by atoms with Gasteiger partial charge in [0.15, 0.2) is 0 Å². The Kier molecular flexibility index (Phi) is 6.30. The summed E-state index contributed by atoms with van der Waals surface area (Å²) in [7, 11) is -1.41. The molecular weight excluding hydrogens is 316 g/mol. The zero-order valence-electron chi connectivity index (χ0n) is 15.0. The lowest BCUT2D eigenvalue weighted by atomic mass is 10.1. The summed E-state index contributed by atoms with van der Waals surface area (Å²) in [6, 6.07) is 10.8. The minimum absolute atomic E-state index is 0.180. The van der Waals surface area contributed by atoms with Gasteiger partial charge in [-0.25, -0.2) is 0 Å². The van der Waals surface area contributed by atoms with E-state index in [0.717, 1.165) is 43.7 Å². The first-order valence-electron chi connectivity index (χ1n) is 8.53. The quantitative estimate of drug-likeness (QED) is 0.407. The fourth-order valence-electron chi connectivity index (χ4n) is 3.52. The van der Waals surface area contributed by atoms with Gasteiger partial charge in [0.05, 0.1) is 6.04 Å². The van der Waals surface area contributed by atoms with Crippen LogP contribution < -0.4 is 0 Å². The number of rotatable bonds is 8. The van der Waals surface area contributed by atoms with Crippen LogP contribution in [-0.2, 0) is 10.5 Å². The van der Waals surface area contributed by atoms with Crippen molar-refractivity contribution in [1.82, 2.24) is 9.21 Å². The molecule has 2 unspecified atom stereocenters. The van der Waals surface area contributed by atoms with Gasteiger partial charge in [-0.3, -0.25) is 9.10 Å². The molecule has 1 aromatic carbocycles. The molecule has 0 bridgehead atoms. The van der Waals surface area contributed by atoms with Crippen LogP contribution >= 0.6 is 9.39 Å². The lowest BCUT2D eigenvalue weighted by Crippen LogP contribution is -2.42. The summed E-state index contributed by atoms with van der Waals surface area (Å²) >= 11 is 0. The van der Waals surface area contributed by atoms with Crippen LogP contribution in [-0.4, -0.2) is 52.5 Å². The van der Waals surface area contributed by atoms with Crippen LogP contribution in [0, 0.1) is 0 Å². The molecule has 0 spiro atoms. The molecule has 1 aliphatic heterocycles. The number of nitrogens with zero attached hydrogens (tertiary/aromatic N) is 2. The summed E-state index contributed by atoms with van der Waals surface area (Å²) in [6.07, 6.45) is 3.02. The Morgan fingerprint density at radius 1 is 1.33 bits per heavy atom. The molecule has 1 aliphatic rings. The van der Waals surface area contributed by atoms with Gasteiger partial charge in [0, 0.05) is 24.9 Å². The van der Waals surface area contributed by atoms with Crippen molar-refractivity contribution in [1.29, 1.82) is 0 Å². The molecule has 0 N–H and O–H groups in total. The number of benzene rings is 1. The van der Waals surface area contributed by atoms with Gasteiger partial charge in [-0.2, -0.15) is 9.39 Å². The first-order valence-corrected chi connectivity index (χ1v) is 10.6. The van der Waals surface area contributed by atoms with E-state index < -0.39 is 9.39 Å². The highest BCUT2D eigenvalue weighted by molar-refractivity contribution is 8.25. The molecule has 0 saturated carbocycles. The van der Waals surface area contributed by atoms with Crippen LogP contribution in [0.4, 0.5) is 0 Å². The Morgan fingerprint density at radius 2 is 2.00 bits per heavy atom. The van der Waals surface area contributed by atoms with Gasteiger partial charge in [0.25, 0.3) is 0 Å². The van der Waals surface area contributed by atoms with Crippen molar-refractivity contribution < 1.29 is 4.79 Å². The second kappa shape index (κ2) is 8.04. The smallest absolute Gasteiger partial charge is 0.210 e. The first-order chi connectivity index (χ1) is 11.4. The van der Waals surface area contributed by atoms with Crippen LogP contribution in [0.1, 0.15) is 32.3 Å². The maximum absolute atomic E-state index is 11.6. The number of hydrogen-bond donors (Lipinski definition) is 0. The van der Waals surface area contributed by atoms with Crippen LogP contribution in [0.3, 0.4) is 0 Å². The zero-order valence-corrected chi connectivity index (χ0v) is 15.8. The van der Waals surface area contributed by atoms with E-state index in [1.807, 2.05) is 17.9 Å². The minimum atomic E-state index is -1.41. The normalized spacial score (nSPS) is 21.2. The van der Waals surface area contributed by atoms with E-state index in [0.29, 0.717) is 0 Å². The van der Waals surface area contributed by atoms with Gasteiger partial charge in [0.1, 0.15) is 0 Å². The maximum Gasteiger partial charge on any atom is 0.210 e. The Morgan fingerprint density at radius 3 is 2.54 bits per heavy atom. The van der Waals surface area contributed by atoms with Crippen LogP contribution in [0.15, 0.2) is 42.5 Å². The van der Waals surface area contributed by atoms with Gasteiger partial charge in [-0.05, 0) is 25.3 Å². The van der Waals surface area contributed by atoms with Crippen molar-refractivity contribution >= 4 is 27.5 Å². The molecule has 1 fully saturated rings. The van der Waals surface area contributed by atoms with Gasteiger partial charge >= 0.3 is 0 Å². The Balaban J connectivity index is 2.11. The molecule has 2 rings (SSSR count). The average molecular weight is 347 g/mol. The molecule has 1 heterocycles. The first kappa shape index (κ1) is 18.8. The Hall–Kier alpha value is -1.52. The van der Waals surface area contributed by atoms with E-state index in [2.05, 4.69) is 53.8 Å². The third kappa shape index (κ3) is 4.31. The monoisotopic (exact) mass is 346 g/mol. The van der Waals surface area contributed by atoms with Crippen molar-refractivity contribution in [3.8, 4) is 0 Å². The topological polar surface area (TPSA) is 23.6 Å². The van der Waals surface area contributed by atoms with Gasteiger partial charge in [0.2, 0.25) is 6.41 Å². The van der Waals surface area contributed by atoms with Crippen LogP contribution in [0.5, 0.6) is 0 Å². The second-order valence-electron chi connectivity index (χ2n) is 6.76. The lowest BCUT2D eigenvalue weighted by molar-refractivity contribution is -0.120. The average Bonchev–Trinajstić information content (AvgIpc) is 2.95. The molecule has 2 atom stereocenters. The summed E-state index contributed by atoms with van der Waals surface area (Å²) in [4.78, 5) is 13.5. The predicted octanol–water partition coefficient (Wildman–Crippen LogP) is 3.66. The van der Waals surface area contributed by atoms with Crippen molar-refractivity contribution in [3.05, 3.63) is 48.0 Å². The summed E-state index contributed by atoms with van der Waals surface area (Å²) in [5, 5.41) is 0. The predicted molar refractivity (Wildman–Crippen MR) is 109 cm³/mol. The molecule has 1 amide bonds. The van der Waals surface area contributed by atoms with E-state index in [1.54, 1.807) is 0 Å². The van der Waals surface area contributed by atoms with Gasteiger partial charge < -0.3 is 4.90 Å². The number of amides is 1. The molecule has 0 aromatic heterocycles. The van der Waals surface area contributed by atoms with Crippen LogP contribution in [0.25, 0.3) is 0 Å². The van der Waals surface area contributed by atoms with E-state index >= 15 is 0 Å². The highest BCUT2D eigenvalue weighted by atomic mass is 32.2. The summed E-state index contributed by atoms with van der Waals surface area (Å²) in [6.45, 7) is 9.94. The SMILES string of the molecule is C=C(C)C1CCC(CN(CC)S(=C)(=C)Cc2ccccc2)N1C=O. The van der Waals surface area contributed by atoms with E-state index in [9.17, 15) is 4.79 Å². The number of carbonyl (C=O) groups excluding carboxylic acids is 1. The van der Waals surface area contributed by atoms with Crippen molar-refractivity contribution in [3.63, 3.8) is 0 Å². The molecule has 0 radical (unpaired) electrons. The largest absolute Gasteiger partial charge is 0.334 e. The number of carbonyl (C=O) groups is 1. The second-order valence-corrected chi connectivity index (χ2v) is 9.56. The lowest BCUT2D eigenvalue weighted by Gasteiger charge is -2.35. The van der Waals surface area contributed by atoms with Crippen molar-refractivity contribution in [2.45, 2.75) is 44.5 Å². The molecule has 1 aromatic rings. The molecule has 3 nitrogen and oxygen atoms in total. The Bertz CT molecular complexity index is 666. The summed E-state index contributed by atoms with van der Waals surface area (Å²) in [5.74, 6) is 9.79. The molecule has 132 valence electrons. The Labute approximate surface area is 147 Å². The minimum Gasteiger partial charge on any atom is -0.334 e. The van der Waals surface area contributed by atoms with Crippen molar-refractivity contribution in [2.24, 2.45) is 0 Å². The highest BCUT2D eigenvalue weighted by Crippen LogP contribution is 2.34. The number of hydrogen-bond acceptors (Lipinski definition) is 2. The van der Waals surface area contributed by atoms with Gasteiger partial charge in [-0.15, -0.1) is 0 Å². The molecule has 4 heteroatoms. The van der Waals surface area contributed by atoms with E-state index in [4.69, 9.17) is 0 Å².